The number of benzene rings is 1. The Morgan fingerprint density at radius 3 is 2.53 bits per heavy atom. The summed E-state index contributed by atoms with van der Waals surface area (Å²) in [5.41, 5.74) is 7.09. The first-order valence-corrected chi connectivity index (χ1v) is 6.53. The molecule has 0 atom stereocenters. The summed E-state index contributed by atoms with van der Waals surface area (Å²) < 4.78 is 5.60. The minimum absolute atomic E-state index is 0.0758. The number of carbonyl (C=O) groups is 1. The van der Waals surface area contributed by atoms with Crippen LogP contribution in [0.4, 0.5) is 5.69 Å². The molecule has 0 aliphatic heterocycles. The Balaban J connectivity index is 2.72. The SMILES string of the molecule is Cc1cc(OC(C)C)ccc1NC(=O)CC(C)(C)N. The Kier molecular flexibility index (Phi) is 4.95. The summed E-state index contributed by atoms with van der Waals surface area (Å²) in [6, 6.07) is 5.63. The second kappa shape index (κ2) is 6.06. The van der Waals surface area contributed by atoms with Crippen LogP contribution in [0.5, 0.6) is 5.75 Å². The highest BCUT2D eigenvalue weighted by molar-refractivity contribution is 5.92. The predicted molar refractivity (Wildman–Crippen MR) is 78.5 cm³/mol. The third-order valence-electron chi connectivity index (χ3n) is 2.46. The minimum Gasteiger partial charge on any atom is -0.491 e. The first kappa shape index (κ1) is 15.5. The van der Waals surface area contributed by atoms with E-state index in [4.69, 9.17) is 10.5 Å². The first-order valence-electron chi connectivity index (χ1n) is 6.53. The van der Waals surface area contributed by atoms with Gasteiger partial charge in [0.15, 0.2) is 0 Å². The molecule has 0 unspecified atom stereocenters. The molecule has 4 nitrogen and oxygen atoms in total. The Hall–Kier alpha value is -1.55. The van der Waals surface area contributed by atoms with Crippen LogP contribution < -0.4 is 15.8 Å². The van der Waals surface area contributed by atoms with Gasteiger partial charge in [-0.15, -0.1) is 0 Å². The molecule has 1 rings (SSSR count). The molecular formula is C15H24N2O2. The lowest BCUT2D eigenvalue weighted by Crippen LogP contribution is -2.36. The lowest BCUT2D eigenvalue weighted by atomic mass is 10.0. The van der Waals surface area contributed by atoms with Crippen molar-refractivity contribution in [3.63, 3.8) is 0 Å². The van der Waals surface area contributed by atoms with Gasteiger partial charge in [0.05, 0.1) is 6.10 Å². The third kappa shape index (κ3) is 5.75. The minimum atomic E-state index is -0.501. The fraction of sp³-hybridized carbons (Fsp3) is 0.533. The molecule has 0 bridgehead atoms. The van der Waals surface area contributed by atoms with Crippen LogP contribution in [-0.2, 0) is 4.79 Å². The molecule has 0 aliphatic rings. The fourth-order valence-electron chi connectivity index (χ4n) is 1.73. The molecule has 4 heteroatoms. The van der Waals surface area contributed by atoms with Crippen LogP contribution >= 0.6 is 0 Å². The van der Waals surface area contributed by atoms with Gasteiger partial charge in [0.1, 0.15) is 5.75 Å². The van der Waals surface area contributed by atoms with Crippen molar-refractivity contribution in [2.45, 2.75) is 52.7 Å². The summed E-state index contributed by atoms with van der Waals surface area (Å²) in [5.74, 6) is 0.734. The molecule has 106 valence electrons. The van der Waals surface area contributed by atoms with Crippen molar-refractivity contribution < 1.29 is 9.53 Å². The topological polar surface area (TPSA) is 64.3 Å². The largest absolute Gasteiger partial charge is 0.491 e. The lowest BCUT2D eigenvalue weighted by Gasteiger charge is -2.18. The van der Waals surface area contributed by atoms with Crippen molar-refractivity contribution >= 4 is 11.6 Å². The van der Waals surface area contributed by atoms with Gasteiger partial charge in [0.25, 0.3) is 0 Å². The molecule has 0 aliphatic carbocycles. The standard InChI is InChI=1S/C15H24N2O2/c1-10(2)19-12-6-7-13(11(3)8-12)17-14(18)9-15(4,5)16/h6-8,10H,9,16H2,1-5H3,(H,17,18). The maximum absolute atomic E-state index is 11.8. The van der Waals surface area contributed by atoms with E-state index in [0.717, 1.165) is 17.0 Å². The van der Waals surface area contributed by atoms with Gasteiger partial charge in [-0.3, -0.25) is 4.79 Å². The number of aryl methyl sites for hydroxylation is 1. The van der Waals surface area contributed by atoms with E-state index in [9.17, 15) is 4.79 Å². The smallest absolute Gasteiger partial charge is 0.226 e. The van der Waals surface area contributed by atoms with Crippen molar-refractivity contribution in [3.05, 3.63) is 23.8 Å². The van der Waals surface area contributed by atoms with Gasteiger partial charge in [-0.2, -0.15) is 0 Å². The molecular weight excluding hydrogens is 240 g/mol. The lowest BCUT2D eigenvalue weighted by molar-refractivity contribution is -0.117. The average molecular weight is 264 g/mol. The van der Waals surface area contributed by atoms with Gasteiger partial charge in [-0.05, 0) is 58.4 Å². The second-order valence-electron chi connectivity index (χ2n) is 5.86. The summed E-state index contributed by atoms with van der Waals surface area (Å²) in [4.78, 5) is 11.8. The van der Waals surface area contributed by atoms with Crippen molar-refractivity contribution in [2.24, 2.45) is 5.73 Å². The molecule has 0 saturated heterocycles. The van der Waals surface area contributed by atoms with Gasteiger partial charge in [0.2, 0.25) is 5.91 Å². The molecule has 0 radical (unpaired) electrons. The number of hydrogen-bond acceptors (Lipinski definition) is 3. The van der Waals surface area contributed by atoms with Crippen molar-refractivity contribution in [1.29, 1.82) is 0 Å². The number of rotatable bonds is 5. The molecule has 0 heterocycles. The van der Waals surface area contributed by atoms with Crippen LogP contribution in [0, 0.1) is 6.92 Å². The zero-order valence-electron chi connectivity index (χ0n) is 12.4. The summed E-state index contributed by atoms with van der Waals surface area (Å²) in [5, 5.41) is 2.87. The third-order valence-corrected chi connectivity index (χ3v) is 2.46. The van der Waals surface area contributed by atoms with Gasteiger partial charge < -0.3 is 15.8 Å². The van der Waals surface area contributed by atoms with E-state index in [-0.39, 0.29) is 18.4 Å². The fourth-order valence-corrected chi connectivity index (χ4v) is 1.73. The normalized spacial score (nSPS) is 11.5. The molecule has 0 fully saturated rings. The van der Waals surface area contributed by atoms with Gasteiger partial charge >= 0.3 is 0 Å². The van der Waals surface area contributed by atoms with Crippen molar-refractivity contribution in [3.8, 4) is 5.75 Å². The number of anilines is 1. The van der Waals surface area contributed by atoms with Gasteiger partial charge in [-0.1, -0.05) is 0 Å². The zero-order chi connectivity index (χ0) is 14.6. The van der Waals surface area contributed by atoms with Crippen LogP contribution in [0.15, 0.2) is 18.2 Å². The highest BCUT2D eigenvalue weighted by Gasteiger charge is 2.16. The molecule has 1 aromatic carbocycles. The van der Waals surface area contributed by atoms with Crippen LogP contribution in [0.3, 0.4) is 0 Å². The Morgan fingerprint density at radius 2 is 2.05 bits per heavy atom. The molecule has 1 amide bonds. The molecule has 19 heavy (non-hydrogen) atoms. The number of ether oxygens (including phenoxy) is 1. The van der Waals surface area contributed by atoms with E-state index >= 15 is 0 Å². The Labute approximate surface area is 115 Å². The predicted octanol–water partition coefficient (Wildman–Crippen LogP) is 2.85. The first-order chi connectivity index (χ1) is 8.67. The van der Waals surface area contributed by atoms with Gasteiger partial charge in [-0.25, -0.2) is 0 Å². The van der Waals surface area contributed by atoms with Crippen molar-refractivity contribution in [2.75, 3.05) is 5.32 Å². The number of hydrogen-bond donors (Lipinski definition) is 2. The highest BCUT2D eigenvalue weighted by atomic mass is 16.5. The maximum Gasteiger partial charge on any atom is 0.226 e. The van der Waals surface area contributed by atoms with Gasteiger partial charge in [0, 0.05) is 17.6 Å². The van der Waals surface area contributed by atoms with E-state index in [2.05, 4.69) is 5.32 Å². The monoisotopic (exact) mass is 264 g/mol. The quantitative estimate of drug-likeness (QED) is 0.859. The van der Waals surface area contributed by atoms with Crippen LogP contribution in [0.1, 0.15) is 39.7 Å². The second-order valence-corrected chi connectivity index (χ2v) is 5.86. The number of amides is 1. The van der Waals surface area contributed by atoms with Crippen LogP contribution in [0.2, 0.25) is 0 Å². The summed E-state index contributed by atoms with van der Waals surface area (Å²) in [6.45, 7) is 9.57. The van der Waals surface area contributed by atoms with E-state index in [0.29, 0.717) is 0 Å². The van der Waals surface area contributed by atoms with Crippen LogP contribution in [0.25, 0.3) is 0 Å². The molecule has 3 N–H and O–H groups in total. The highest BCUT2D eigenvalue weighted by Crippen LogP contribution is 2.22. The number of carbonyl (C=O) groups excluding carboxylic acids is 1. The number of nitrogens with one attached hydrogen (secondary N) is 1. The molecule has 0 saturated carbocycles. The molecule has 0 aromatic heterocycles. The van der Waals surface area contributed by atoms with E-state index in [1.165, 1.54) is 0 Å². The van der Waals surface area contributed by atoms with E-state index in [1.807, 2.05) is 52.8 Å². The Morgan fingerprint density at radius 1 is 1.42 bits per heavy atom. The van der Waals surface area contributed by atoms with E-state index in [1.54, 1.807) is 0 Å². The number of nitrogens with two attached hydrogens (primary N) is 1. The molecule has 1 aromatic rings. The summed E-state index contributed by atoms with van der Waals surface area (Å²) in [6.07, 6.45) is 0.425. The average Bonchev–Trinajstić information content (AvgIpc) is 2.18. The van der Waals surface area contributed by atoms with E-state index < -0.39 is 5.54 Å². The maximum atomic E-state index is 11.8. The summed E-state index contributed by atoms with van der Waals surface area (Å²) >= 11 is 0. The summed E-state index contributed by atoms with van der Waals surface area (Å²) in [7, 11) is 0. The van der Waals surface area contributed by atoms with Crippen LogP contribution in [-0.4, -0.2) is 17.6 Å². The molecule has 0 spiro atoms. The Bertz CT molecular complexity index is 448. The zero-order valence-corrected chi connectivity index (χ0v) is 12.4. The van der Waals surface area contributed by atoms with Crippen molar-refractivity contribution in [1.82, 2.24) is 0 Å².